The SMILES string of the molecule is CN(C)S(=O)(=O)c1cccc(-c2[c]cccc2O)c1. The van der Waals surface area contributed by atoms with Gasteiger partial charge < -0.3 is 5.11 Å². The minimum Gasteiger partial charge on any atom is -0.507 e. The van der Waals surface area contributed by atoms with Gasteiger partial charge in [0.05, 0.1) is 4.90 Å². The normalized spacial score (nSPS) is 11.7. The van der Waals surface area contributed by atoms with Crippen molar-refractivity contribution >= 4 is 10.0 Å². The molecule has 1 radical (unpaired) electrons. The van der Waals surface area contributed by atoms with Gasteiger partial charge in [0.1, 0.15) is 5.75 Å². The summed E-state index contributed by atoms with van der Waals surface area (Å²) in [7, 11) is -0.522. The molecule has 0 unspecified atom stereocenters. The summed E-state index contributed by atoms with van der Waals surface area (Å²) in [5.74, 6) is 0.0712. The zero-order valence-corrected chi connectivity index (χ0v) is 11.5. The van der Waals surface area contributed by atoms with Crippen molar-refractivity contribution in [1.29, 1.82) is 0 Å². The highest BCUT2D eigenvalue weighted by molar-refractivity contribution is 7.89. The molecule has 2 rings (SSSR count). The smallest absolute Gasteiger partial charge is 0.242 e. The number of hydrogen-bond acceptors (Lipinski definition) is 3. The molecule has 5 heteroatoms. The second kappa shape index (κ2) is 5.03. The minimum atomic E-state index is -3.48. The lowest BCUT2D eigenvalue weighted by molar-refractivity contribution is 0.477. The maximum Gasteiger partial charge on any atom is 0.242 e. The van der Waals surface area contributed by atoms with E-state index in [9.17, 15) is 13.5 Å². The fourth-order valence-electron chi connectivity index (χ4n) is 1.68. The Morgan fingerprint density at radius 1 is 1.16 bits per heavy atom. The second-order valence-corrected chi connectivity index (χ2v) is 6.40. The van der Waals surface area contributed by atoms with Crippen LogP contribution < -0.4 is 0 Å². The highest BCUT2D eigenvalue weighted by atomic mass is 32.2. The maximum absolute atomic E-state index is 12.1. The molecule has 99 valence electrons. The van der Waals surface area contributed by atoms with Gasteiger partial charge in [-0.15, -0.1) is 0 Å². The van der Waals surface area contributed by atoms with Crippen molar-refractivity contribution in [3.63, 3.8) is 0 Å². The van der Waals surface area contributed by atoms with E-state index in [-0.39, 0.29) is 10.6 Å². The summed E-state index contributed by atoms with van der Waals surface area (Å²) < 4.78 is 25.3. The average molecular weight is 276 g/mol. The largest absolute Gasteiger partial charge is 0.507 e. The highest BCUT2D eigenvalue weighted by Crippen LogP contribution is 2.29. The molecule has 0 aromatic heterocycles. The van der Waals surface area contributed by atoms with Crippen LogP contribution in [0.3, 0.4) is 0 Å². The summed E-state index contributed by atoms with van der Waals surface area (Å²) in [5, 5.41) is 9.78. The third-order valence-electron chi connectivity index (χ3n) is 2.74. The van der Waals surface area contributed by atoms with Crippen molar-refractivity contribution in [3.05, 3.63) is 48.5 Å². The van der Waals surface area contributed by atoms with Crippen LogP contribution in [0.1, 0.15) is 0 Å². The van der Waals surface area contributed by atoms with Gasteiger partial charge in [-0.2, -0.15) is 0 Å². The lowest BCUT2D eigenvalue weighted by Gasteiger charge is -2.12. The number of sulfonamides is 1. The third-order valence-corrected chi connectivity index (χ3v) is 4.55. The molecule has 0 heterocycles. The van der Waals surface area contributed by atoms with E-state index in [4.69, 9.17) is 0 Å². The number of benzene rings is 2. The summed E-state index contributed by atoms with van der Waals surface area (Å²) in [5.41, 5.74) is 1.10. The molecule has 0 aliphatic rings. The zero-order chi connectivity index (χ0) is 14.0. The monoisotopic (exact) mass is 276 g/mol. The standard InChI is InChI=1S/C14H14NO3S/c1-15(2)19(17,18)12-7-5-6-11(10-12)13-8-3-4-9-14(13)16/h3-7,9-10,16H,1-2H3. The molecule has 0 saturated heterocycles. The van der Waals surface area contributed by atoms with Gasteiger partial charge in [-0.05, 0) is 29.8 Å². The van der Waals surface area contributed by atoms with Crippen LogP contribution in [0.4, 0.5) is 0 Å². The van der Waals surface area contributed by atoms with Crippen LogP contribution in [0, 0.1) is 6.07 Å². The van der Waals surface area contributed by atoms with Crippen LogP contribution in [0.5, 0.6) is 5.75 Å². The number of phenolic OH excluding ortho intramolecular Hbond substituents is 1. The first-order valence-corrected chi connectivity index (χ1v) is 7.09. The van der Waals surface area contributed by atoms with Gasteiger partial charge in [-0.25, -0.2) is 12.7 Å². The van der Waals surface area contributed by atoms with Gasteiger partial charge in [0.2, 0.25) is 10.0 Å². The van der Waals surface area contributed by atoms with Gasteiger partial charge in [0, 0.05) is 19.7 Å². The third kappa shape index (κ3) is 2.62. The van der Waals surface area contributed by atoms with Crippen LogP contribution in [-0.4, -0.2) is 31.9 Å². The van der Waals surface area contributed by atoms with Crippen LogP contribution in [0.2, 0.25) is 0 Å². The lowest BCUT2D eigenvalue weighted by Crippen LogP contribution is -2.22. The number of nitrogens with zero attached hydrogens (tertiary/aromatic N) is 1. The molecular weight excluding hydrogens is 262 g/mol. The van der Waals surface area contributed by atoms with Crippen LogP contribution in [0.15, 0.2) is 47.4 Å². The molecule has 1 N–H and O–H groups in total. The van der Waals surface area contributed by atoms with Gasteiger partial charge in [-0.3, -0.25) is 0 Å². The first kappa shape index (κ1) is 13.6. The molecule has 0 spiro atoms. The summed E-state index contributed by atoms with van der Waals surface area (Å²) in [6.45, 7) is 0. The molecule has 0 aliphatic carbocycles. The summed E-state index contributed by atoms with van der Waals surface area (Å²) in [4.78, 5) is 0.187. The maximum atomic E-state index is 12.1. The van der Waals surface area contributed by atoms with Crippen molar-refractivity contribution in [1.82, 2.24) is 4.31 Å². The van der Waals surface area contributed by atoms with Crippen LogP contribution in [-0.2, 0) is 10.0 Å². The van der Waals surface area contributed by atoms with E-state index in [0.29, 0.717) is 11.1 Å². The van der Waals surface area contributed by atoms with Crippen molar-refractivity contribution in [2.75, 3.05) is 14.1 Å². The molecule has 4 nitrogen and oxygen atoms in total. The number of phenols is 1. The molecular formula is C14H14NO3S. The molecule has 0 saturated carbocycles. The van der Waals surface area contributed by atoms with Crippen molar-refractivity contribution in [3.8, 4) is 16.9 Å². The predicted molar refractivity (Wildman–Crippen MR) is 73.3 cm³/mol. The van der Waals surface area contributed by atoms with Gasteiger partial charge in [-0.1, -0.05) is 24.3 Å². The van der Waals surface area contributed by atoms with E-state index >= 15 is 0 Å². The Labute approximate surface area is 113 Å². The topological polar surface area (TPSA) is 57.6 Å². The zero-order valence-electron chi connectivity index (χ0n) is 10.7. The summed E-state index contributed by atoms with van der Waals surface area (Å²) in [6, 6.07) is 14.2. The Balaban J connectivity index is 2.56. The molecule has 0 amide bonds. The molecule has 0 fully saturated rings. The van der Waals surface area contributed by atoms with Gasteiger partial charge in [0.15, 0.2) is 0 Å². The summed E-state index contributed by atoms with van der Waals surface area (Å²) >= 11 is 0. The Morgan fingerprint density at radius 2 is 1.89 bits per heavy atom. The van der Waals surface area contributed by atoms with E-state index in [0.717, 1.165) is 4.31 Å². The van der Waals surface area contributed by atoms with Crippen molar-refractivity contribution in [2.24, 2.45) is 0 Å². The van der Waals surface area contributed by atoms with Gasteiger partial charge >= 0.3 is 0 Å². The van der Waals surface area contributed by atoms with Gasteiger partial charge in [0.25, 0.3) is 0 Å². The Morgan fingerprint density at radius 3 is 2.53 bits per heavy atom. The molecule has 2 aromatic carbocycles. The van der Waals surface area contributed by atoms with E-state index in [1.54, 1.807) is 30.3 Å². The minimum absolute atomic E-state index is 0.0712. The summed E-state index contributed by atoms with van der Waals surface area (Å²) in [6.07, 6.45) is 0. The molecule has 0 bridgehead atoms. The molecule has 0 aliphatic heterocycles. The second-order valence-electron chi connectivity index (χ2n) is 4.25. The molecule has 19 heavy (non-hydrogen) atoms. The fraction of sp³-hybridized carbons (Fsp3) is 0.143. The van der Waals surface area contributed by atoms with E-state index < -0.39 is 10.0 Å². The average Bonchev–Trinajstić information content (AvgIpc) is 2.39. The van der Waals surface area contributed by atoms with Crippen molar-refractivity contribution in [2.45, 2.75) is 4.90 Å². The Bertz CT molecular complexity index is 693. The van der Waals surface area contributed by atoms with E-state index in [1.807, 2.05) is 0 Å². The Hall–Kier alpha value is -1.85. The number of aromatic hydroxyl groups is 1. The number of hydrogen-bond donors (Lipinski definition) is 1. The lowest BCUT2D eigenvalue weighted by atomic mass is 10.1. The predicted octanol–water partition coefficient (Wildman–Crippen LogP) is 2.11. The van der Waals surface area contributed by atoms with E-state index in [2.05, 4.69) is 6.07 Å². The fourth-order valence-corrected chi connectivity index (χ4v) is 2.63. The van der Waals surface area contributed by atoms with Crippen LogP contribution >= 0.6 is 0 Å². The Kier molecular flexibility index (Phi) is 3.59. The highest BCUT2D eigenvalue weighted by Gasteiger charge is 2.17. The quantitative estimate of drug-likeness (QED) is 0.934. The molecule has 0 atom stereocenters. The van der Waals surface area contributed by atoms with E-state index in [1.165, 1.54) is 26.2 Å². The first-order chi connectivity index (χ1) is 8.93. The van der Waals surface area contributed by atoms with Crippen LogP contribution in [0.25, 0.3) is 11.1 Å². The number of rotatable bonds is 3. The molecule has 2 aromatic rings. The first-order valence-electron chi connectivity index (χ1n) is 5.65. The van der Waals surface area contributed by atoms with Crippen molar-refractivity contribution < 1.29 is 13.5 Å².